The fourth-order valence-electron chi connectivity index (χ4n) is 2.04. The second kappa shape index (κ2) is 5.92. The zero-order valence-electron chi connectivity index (χ0n) is 12.2. The number of hydrogen-bond acceptors (Lipinski definition) is 1. The van der Waals surface area contributed by atoms with Crippen LogP contribution in [0.3, 0.4) is 0 Å². The molecular weight excluding hydrogens is 232 g/mol. The highest BCUT2D eigenvalue weighted by Crippen LogP contribution is 2.22. The quantitative estimate of drug-likeness (QED) is 0.745. The van der Waals surface area contributed by atoms with Crippen molar-refractivity contribution in [3.63, 3.8) is 0 Å². The Hall–Kier alpha value is -1.76. The van der Waals surface area contributed by atoms with Gasteiger partial charge in [-0.1, -0.05) is 50.2 Å². The lowest BCUT2D eigenvalue weighted by Gasteiger charge is -2.11. The summed E-state index contributed by atoms with van der Waals surface area (Å²) in [5.41, 5.74) is 5.08. The number of rotatable bonds is 4. The lowest BCUT2D eigenvalue weighted by Crippen LogP contribution is -1.98. The Labute approximate surface area is 116 Å². The van der Waals surface area contributed by atoms with E-state index >= 15 is 0 Å². The first-order valence-electron chi connectivity index (χ1n) is 6.86. The highest BCUT2D eigenvalue weighted by molar-refractivity contribution is 5.38. The van der Waals surface area contributed by atoms with Gasteiger partial charge in [0.2, 0.25) is 0 Å². The number of ether oxygens (including phenoxy) is 1. The summed E-state index contributed by atoms with van der Waals surface area (Å²) in [6.45, 7) is 9.26. The lowest BCUT2D eigenvalue weighted by atomic mass is 10.0. The van der Waals surface area contributed by atoms with Crippen molar-refractivity contribution in [2.45, 2.75) is 40.2 Å². The van der Waals surface area contributed by atoms with E-state index in [1.165, 1.54) is 22.3 Å². The van der Waals surface area contributed by atoms with Crippen molar-refractivity contribution in [2.24, 2.45) is 0 Å². The molecule has 19 heavy (non-hydrogen) atoms. The smallest absolute Gasteiger partial charge is 0.122 e. The van der Waals surface area contributed by atoms with E-state index in [-0.39, 0.29) is 0 Å². The van der Waals surface area contributed by atoms with Gasteiger partial charge in [0.05, 0.1) is 0 Å². The summed E-state index contributed by atoms with van der Waals surface area (Å²) in [7, 11) is 0. The number of aryl methyl sites for hydroxylation is 1. The van der Waals surface area contributed by atoms with Crippen molar-refractivity contribution in [1.29, 1.82) is 0 Å². The molecule has 1 nitrogen and oxygen atoms in total. The van der Waals surface area contributed by atoms with E-state index in [9.17, 15) is 0 Å². The molecule has 0 saturated carbocycles. The Bertz CT molecular complexity index is 538. The maximum Gasteiger partial charge on any atom is 0.122 e. The Morgan fingerprint density at radius 3 is 2.26 bits per heavy atom. The summed E-state index contributed by atoms with van der Waals surface area (Å²) in [5.74, 6) is 1.56. The SMILES string of the molecule is Cc1cccc(OCc2ccc(C(C)C)cc2)c1C. The van der Waals surface area contributed by atoms with Gasteiger partial charge in [-0.2, -0.15) is 0 Å². The van der Waals surface area contributed by atoms with Crippen LogP contribution >= 0.6 is 0 Å². The predicted molar refractivity (Wildman–Crippen MR) is 80.8 cm³/mol. The normalized spacial score (nSPS) is 10.8. The van der Waals surface area contributed by atoms with Crippen molar-refractivity contribution in [2.75, 3.05) is 0 Å². The van der Waals surface area contributed by atoms with Crippen LogP contribution in [0.1, 0.15) is 42.0 Å². The van der Waals surface area contributed by atoms with Crippen LogP contribution in [-0.4, -0.2) is 0 Å². The van der Waals surface area contributed by atoms with E-state index in [4.69, 9.17) is 4.74 Å². The summed E-state index contributed by atoms with van der Waals surface area (Å²) >= 11 is 0. The van der Waals surface area contributed by atoms with Crippen LogP contribution in [0.25, 0.3) is 0 Å². The molecule has 0 N–H and O–H groups in total. The maximum atomic E-state index is 5.90. The summed E-state index contributed by atoms with van der Waals surface area (Å²) < 4.78 is 5.90. The predicted octanol–water partition coefficient (Wildman–Crippen LogP) is 5.01. The van der Waals surface area contributed by atoms with Crippen LogP contribution < -0.4 is 4.74 Å². The monoisotopic (exact) mass is 254 g/mol. The summed E-state index contributed by atoms with van der Waals surface area (Å²) in [6, 6.07) is 14.9. The average Bonchev–Trinajstić information content (AvgIpc) is 2.41. The first kappa shape index (κ1) is 13.7. The fraction of sp³-hybridized carbons (Fsp3) is 0.333. The first-order valence-corrected chi connectivity index (χ1v) is 6.86. The standard InChI is InChI=1S/C18H22O/c1-13(2)17-10-8-16(9-11-17)12-19-18-7-5-6-14(3)15(18)4/h5-11,13H,12H2,1-4H3. The van der Waals surface area contributed by atoms with E-state index in [2.05, 4.69) is 58.0 Å². The van der Waals surface area contributed by atoms with Gasteiger partial charge in [0.25, 0.3) is 0 Å². The lowest BCUT2D eigenvalue weighted by molar-refractivity contribution is 0.304. The molecule has 0 saturated heterocycles. The third kappa shape index (κ3) is 3.37. The molecule has 1 heteroatoms. The summed E-state index contributed by atoms with van der Waals surface area (Å²) in [6.07, 6.45) is 0. The molecule has 2 rings (SSSR count). The van der Waals surface area contributed by atoms with Gasteiger partial charge in [0.15, 0.2) is 0 Å². The number of hydrogen-bond donors (Lipinski definition) is 0. The number of benzene rings is 2. The van der Waals surface area contributed by atoms with Gasteiger partial charge < -0.3 is 4.74 Å². The molecule has 0 aliphatic heterocycles. The highest BCUT2D eigenvalue weighted by Gasteiger charge is 2.03. The Morgan fingerprint density at radius 1 is 0.947 bits per heavy atom. The summed E-state index contributed by atoms with van der Waals surface area (Å²) in [4.78, 5) is 0. The van der Waals surface area contributed by atoms with Crippen molar-refractivity contribution in [3.05, 3.63) is 64.7 Å². The molecule has 2 aromatic rings. The zero-order valence-corrected chi connectivity index (χ0v) is 12.2. The molecule has 0 bridgehead atoms. The Kier molecular flexibility index (Phi) is 4.26. The highest BCUT2D eigenvalue weighted by atomic mass is 16.5. The van der Waals surface area contributed by atoms with Crippen molar-refractivity contribution < 1.29 is 4.74 Å². The third-order valence-electron chi connectivity index (χ3n) is 3.60. The average molecular weight is 254 g/mol. The molecule has 0 heterocycles. The molecule has 0 amide bonds. The van der Waals surface area contributed by atoms with Gasteiger partial charge in [-0.25, -0.2) is 0 Å². The van der Waals surface area contributed by atoms with Crippen LogP contribution in [0.5, 0.6) is 5.75 Å². The molecular formula is C18H22O. The van der Waals surface area contributed by atoms with Crippen molar-refractivity contribution >= 4 is 0 Å². The van der Waals surface area contributed by atoms with Gasteiger partial charge >= 0.3 is 0 Å². The van der Waals surface area contributed by atoms with Crippen molar-refractivity contribution in [3.8, 4) is 5.75 Å². The van der Waals surface area contributed by atoms with Gasteiger partial charge in [-0.3, -0.25) is 0 Å². The largest absolute Gasteiger partial charge is 0.489 e. The van der Waals surface area contributed by atoms with Gasteiger partial charge in [-0.15, -0.1) is 0 Å². The van der Waals surface area contributed by atoms with Crippen LogP contribution in [0, 0.1) is 13.8 Å². The van der Waals surface area contributed by atoms with Crippen LogP contribution in [0.15, 0.2) is 42.5 Å². The van der Waals surface area contributed by atoms with E-state index in [0.717, 1.165) is 5.75 Å². The van der Waals surface area contributed by atoms with Crippen molar-refractivity contribution in [1.82, 2.24) is 0 Å². The minimum atomic E-state index is 0.578. The molecule has 0 aliphatic rings. The second-order valence-electron chi connectivity index (χ2n) is 5.38. The zero-order chi connectivity index (χ0) is 13.8. The molecule has 0 unspecified atom stereocenters. The van der Waals surface area contributed by atoms with E-state index in [1.807, 2.05) is 12.1 Å². The molecule has 0 spiro atoms. The van der Waals surface area contributed by atoms with Crippen LogP contribution in [0.2, 0.25) is 0 Å². The van der Waals surface area contributed by atoms with Gasteiger partial charge in [0, 0.05) is 0 Å². The maximum absolute atomic E-state index is 5.90. The molecule has 0 aliphatic carbocycles. The molecule has 0 fully saturated rings. The minimum Gasteiger partial charge on any atom is -0.489 e. The fourth-order valence-corrected chi connectivity index (χ4v) is 2.04. The molecule has 0 radical (unpaired) electrons. The first-order chi connectivity index (χ1) is 9.08. The van der Waals surface area contributed by atoms with E-state index < -0.39 is 0 Å². The van der Waals surface area contributed by atoms with E-state index in [0.29, 0.717) is 12.5 Å². The Morgan fingerprint density at radius 2 is 1.63 bits per heavy atom. The van der Waals surface area contributed by atoms with Crippen LogP contribution in [-0.2, 0) is 6.61 Å². The topological polar surface area (TPSA) is 9.23 Å². The molecule has 100 valence electrons. The molecule has 0 atom stereocenters. The van der Waals surface area contributed by atoms with E-state index in [1.54, 1.807) is 0 Å². The third-order valence-corrected chi connectivity index (χ3v) is 3.60. The molecule has 2 aromatic carbocycles. The van der Waals surface area contributed by atoms with Gasteiger partial charge in [0.1, 0.15) is 12.4 Å². The van der Waals surface area contributed by atoms with Crippen LogP contribution in [0.4, 0.5) is 0 Å². The summed E-state index contributed by atoms with van der Waals surface area (Å²) in [5, 5.41) is 0. The minimum absolute atomic E-state index is 0.578. The van der Waals surface area contributed by atoms with Gasteiger partial charge in [-0.05, 0) is 48.1 Å². The second-order valence-corrected chi connectivity index (χ2v) is 5.38. The Balaban J connectivity index is 2.04. The molecule has 0 aromatic heterocycles.